The molecule has 2 rings (SSSR count). The molecule has 0 aliphatic carbocycles. The Morgan fingerprint density at radius 3 is 2.03 bits per heavy atom. The molecule has 0 fully saturated rings. The van der Waals surface area contributed by atoms with E-state index in [1.165, 1.54) is 60.8 Å². The van der Waals surface area contributed by atoms with Gasteiger partial charge in [0.15, 0.2) is 0 Å². The summed E-state index contributed by atoms with van der Waals surface area (Å²) < 4.78 is 59.3. The molecular weight excluding hydrogens is 430 g/mol. The summed E-state index contributed by atoms with van der Waals surface area (Å²) in [7, 11) is -6.24. The highest BCUT2D eigenvalue weighted by molar-refractivity contribution is 7.92. The molecule has 0 aliphatic heterocycles. The standard InChI is InChI=1S/C19H25N3O6S2/c1-5-22(6-2)30(26,27)16-9-7-15(8-10-16)21-29(24,25)17-11-12-18(20-14(3)23)19(13-17)28-4/h7-13,21H,5-6H2,1-4H3,(H,20,23). The van der Waals surface area contributed by atoms with Crippen molar-refractivity contribution in [3.63, 3.8) is 0 Å². The van der Waals surface area contributed by atoms with Crippen LogP contribution in [0.1, 0.15) is 20.8 Å². The Labute approximate surface area is 177 Å². The Bertz CT molecular complexity index is 1110. The highest BCUT2D eigenvalue weighted by Gasteiger charge is 2.22. The number of methoxy groups -OCH3 is 1. The van der Waals surface area contributed by atoms with Crippen LogP contribution in [-0.4, -0.2) is 47.2 Å². The molecule has 0 heterocycles. The third-order valence-corrected chi connectivity index (χ3v) is 7.69. The van der Waals surface area contributed by atoms with E-state index in [0.29, 0.717) is 18.8 Å². The van der Waals surface area contributed by atoms with E-state index >= 15 is 0 Å². The van der Waals surface area contributed by atoms with Gasteiger partial charge in [-0.2, -0.15) is 4.31 Å². The maximum Gasteiger partial charge on any atom is 0.262 e. The van der Waals surface area contributed by atoms with Gasteiger partial charge in [0.05, 0.1) is 22.6 Å². The van der Waals surface area contributed by atoms with Gasteiger partial charge in [0.1, 0.15) is 5.75 Å². The van der Waals surface area contributed by atoms with Crippen molar-refractivity contribution < 1.29 is 26.4 Å². The number of nitrogens with one attached hydrogen (secondary N) is 2. The van der Waals surface area contributed by atoms with Crippen molar-refractivity contribution in [1.82, 2.24) is 4.31 Å². The van der Waals surface area contributed by atoms with Crippen LogP contribution in [-0.2, 0) is 24.8 Å². The molecule has 2 N–H and O–H groups in total. The number of benzene rings is 2. The Morgan fingerprint density at radius 2 is 1.53 bits per heavy atom. The maximum atomic E-state index is 12.7. The molecule has 2 aromatic carbocycles. The van der Waals surface area contributed by atoms with Crippen LogP contribution in [0.15, 0.2) is 52.3 Å². The summed E-state index contributed by atoms with van der Waals surface area (Å²) in [5, 5.41) is 2.55. The minimum atomic E-state index is -3.97. The van der Waals surface area contributed by atoms with Crippen LogP contribution in [0.25, 0.3) is 0 Å². The molecule has 0 radical (unpaired) electrons. The van der Waals surface area contributed by atoms with E-state index < -0.39 is 20.0 Å². The summed E-state index contributed by atoms with van der Waals surface area (Å²) >= 11 is 0. The molecule has 2 aromatic rings. The molecule has 0 saturated heterocycles. The average Bonchev–Trinajstić information content (AvgIpc) is 2.68. The monoisotopic (exact) mass is 455 g/mol. The third-order valence-electron chi connectivity index (χ3n) is 4.24. The van der Waals surface area contributed by atoms with Gasteiger partial charge in [0, 0.05) is 31.8 Å². The minimum absolute atomic E-state index is 0.0757. The summed E-state index contributed by atoms with van der Waals surface area (Å²) in [6.45, 7) is 5.49. The molecule has 0 atom stereocenters. The average molecular weight is 456 g/mol. The van der Waals surface area contributed by atoms with Crippen molar-refractivity contribution in [2.24, 2.45) is 0 Å². The lowest BCUT2D eigenvalue weighted by Gasteiger charge is -2.18. The second kappa shape index (κ2) is 9.45. The summed E-state index contributed by atoms with van der Waals surface area (Å²) in [6, 6.07) is 9.52. The van der Waals surface area contributed by atoms with Crippen molar-refractivity contribution in [3.8, 4) is 5.75 Å². The van der Waals surface area contributed by atoms with Crippen molar-refractivity contribution in [3.05, 3.63) is 42.5 Å². The van der Waals surface area contributed by atoms with Crippen LogP contribution in [0.3, 0.4) is 0 Å². The molecule has 30 heavy (non-hydrogen) atoms. The van der Waals surface area contributed by atoms with E-state index in [-0.39, 0.29) is 27.1 Å². The lowest BCUT2D eigenvalue weighted by molar-refractivity contribution is -0.114. The fraction of sp³-hybridized carbons (Fsp3) is 0.316. The zero-order valence-corrected chi connectivity index (χ0v) is 18.8. The Hall–Kier alpha value is -2.63. The van der Waals surface area contributed by atoms with Gasteiger partial charge in [-0.1, -0.05) is 13.8 Å². The van der Waals surface area contributed by atoms with Gasteiger partial charge < -0.3 is 10.1 Å². The van der Waals surface area contributed by atoms with E-state index in [1.54, 1.807) is 13.8 Å². The van der Waals surface area contributed by atoms with Crippen LogP contribution in [0.4, 0.5) is 11.4 Å². The SMILES string of the molecule is CCN(CC)S(=O)(=O)c1ccc(NS(=O)(=O)c2ccc(NC(C)=O)c(OC)c2)cc1. The Balaban J connectivity index is 2.28. The molecule has 164 valence electrons. The van der Waals surface area contributed by atoms with Gasteiger partial charge in [-0.05, 0) is 36.4 Å². The van der Waals surface area contributed by atoms with Gasteiger partial charge in [0.25, 0.3) is 10.0 Å². The predicted octanol–water partition coefficient (Wildman–Crippen LogP) is 2.48. The lowest BCUT2D eigenvalue weighted by Crippen LogP contribution is -2.30. The summed E-state index contributed by atoms with van der Waals surface area (Å²) in [6.07, 6.45) is 0. The highest BCUT2D eigenvalue weighted by Crippen LogP contribution is 2.29. The molecule has 0 aliphatic rings. The molecule has 11 heteroatoms. The van der Waals surface area contributed by atoms with E-state index in [2.05, 4.69) is 10.0 Å². The molecule has 0 spiro atoms. The molecule has 0 aromatic heterocycles. The number of ether oxygens (including phenoxy) is 1. The Kier molecular flexibility index (Phi) is 7.45. The zero-order valence-electron chi connectivity index (χ0n) is 17.2. The normalized spacial score (nSPS) is 11.9. The number of rotatable bonds is 9. The second-order valence-corrected chi connectivity index (χ2v) is 9.88. The summed E-state index contributed by atoms with van der Waals surface area (Å²) in [4.78, 5) is 11.2. The van der Waals surface area contributed by atoms with Gasteiger partial charge in [-0.25, -0.2) is 16.8 Å². The van der Waals surface area contributed by atoms with Crippen molar-refractivity contribution >= 4 is 37.3 Å². The number of carbonyl (C=O) groups is 1. The topological polar surface area (TPSA) is 122 Å². The number of nitrogens with zero attached hydrogens (tertiary/aromatic N) is 1. The van der Waals surface area contributed by atoms with Crippen LogP contribution in [0.2, 0.25) is 0 Å². The first-order chi connectivity index (χ1) is 14.0. The van der Waals surface area contributed by atoms with Crippen molar-refractivity contribution in [1.29, 1.82) is 0 Å². The van der Waals surface area contributed by atoms with Gasteiger partial charge in [0.2, 0.25) is 15.9 Å². The third kappa shape index (κ3) is 5.29. The zero-order chi connectivity index (χ0) is 22.5. The van der Waals surface area contributed by atoms with Crippen molar-refractivity contribution in [2.45, 2.75) is 30.6 Å². The molecule has 1 amide bonds. The highest BCUT2D eigenvalue weighted by atomic mass is 32.2. The number of anilines is 2. The summed E-state index contributed by atoms with van der Waals surface area (Å²) in [5.41, 5.74) is 0.549. The number of amides is 1. The number of sulfonamides is 2. The first kappa shape index (κ1) is 23.6. The molecule has 0 unspecified atom stereocenters. The molecule has 9 nitrogen and oxygen atoms in total. The van der Waals surface area contributed by atoms with E-state index in [1.807, 2.05) is 0 Å². The summed E-state index contributed by atoms with van der Waals surface area (Å²) in [5.74, 6) is -0.129. The van der Waals surface area contributed by atoms with Crippen LogP contribution in [0, 0.1) is 0 Å². The van der Waals surface area contributed by atoms with Crippen molar-refractivity contribution in [2.75, 3.05) is 30.2 Å². The Morgan fingerprint density at radius 1 is 0.967 bits per heavy atom. The van der Waals surface area contributed by atoms with Crippen LogP contribution in [0.5, 0.6) is 5.75 Å². The number of carbonyl (C=O) groups excluding carboxylic acids is 1. The quantitative estimate of drug-likeness (QED) is 0.599. The second-order valence-electron chi connectivity index (χ2n) is 6.26. The lowest BCUT2D eigenvalue weighted by atomic mass is 10.3. The van der Waals surface area contributed by atoms with Crippen LogP contribution >= 0.6 is 0 Å². The fourth-order valence-corrected chi connectivity index (χ4v) is 5.28. The molecule has 0 saturated carbocycles. The van der Waals surface area contributed by atoms with Gasteiger partial charge >= 0.3 is 0 Å². The predicted molar refractivity (Wildman–Crippen MR) is 115 cm³/mol. The van der Waals surface area contributed by atoms with E-state index in [9.17, 15) is 21.6 Å². The van der Waals surface area contributed by atoms with Gasteiger partial charge in [-0.3, -0.25) is 9.52 Å². The largest absolute Gasteiger partial charge is 0.495 e. The van der Waals surface area contributed by atoms with E-state index in [0.717, 1.165) is 0 Å². The first-order valence-electron chi connectivity index (χ1n) is 9.13. The first-order valence-corrected chi connectivity index (χ1v) is 12.1. The maximum absolute atomic E-state index is 12.7. The number of hydrogen-bond acceptors (Lipinski definition) is 6. The minimum Gasteiger partial charge on any atom is -0.495 e. The smallest absolute Gasteiger partial charge is 0.262 e. The van der Waals surface area contributed by atoms with Gasteiger partial charge in [-0.15, -0.1) is 0 Å². The molecular formula is C19H25N3O6S2. The molecule has 0 bridgehead atoms. The number of hydrogen-bond donors (Lipinski definition) is 2. The van der Waals surface area contributed by atoms with E-state index in [4.69, 9.17) is 4.74 Å². The fourth-order valence-electron chi connectivity index (χ4n) is 2.75. The van der Waals surface area contributed by atoms with Crippen LogP contribution < -0.4 is 14.8 Å².